The maximum atomic E-state index is 9.53. The molecule has 2 N–H and O–H groups in total. The third-order valence-electron chi connectivity index (χ3n) is 4.30. The van der Waals surface area contributed by atoms with Crippen LogP contribution in [0.2, 0.25) is 0 Å². The van der Waals surface area contributed by atoms with Gasteiger partial charge in [0, 0.05) is 12.1 Å². The second kappa shape index (κ2) is 19.9. The van der Waals surface area contributed by atoms with Crippen molar-refractivity contribution in [1.82, 2.24) is 9.12 Å². The molecule has 1 fully saturated rings. The van der Waals surface area contributed by atoms with Gasteiger partial charge in [-0.15, -0.1) is 12.2 Å². The molecule has 1 saturated carbocycles. The number of hydrogen-bond donors (Lipinski definition) is 2. The van der Waals surface area contributed by atoms with E-state index >= 15 is 0 Å². The van der Waals surface area contributed by atoms with E-state index in [4.69, 9.17) is 0 Å². The summed E-state index contributed by atoms with van der Waals surface area (Å²) in [5, 5.41) is 22.8. The summed E-state index contributed by atoms with van der Waals surface area (Å²) in [6, 6.07) is 2.06. The standard InChI is InChI=1S/C13H27N.C3H8N.2C3H7O.Ti/c1-5-13(6-2)9-7-8-12(10-13)14-11(3)4;3*1-3(2)4;/h11-12,14H,5-10H2,1-4H3;3-4H,1-2H3;2*3H,1-2H3;/q;3*-1;+3. The zero-order valence-corrected chi connectivity index (χ0v) is 21.5. The van der Waals surface area contributed by atoms with Crippen molar-refractivity contribution in [2.24, 2.45) is 5.41 Å². The van der Waals surface area contributed by atoms with Crippen LogP contribution in [0.25, 0.3) is 0 Å². The summed E-state index contributed by atoms with van der Waals surface area (Å²) in [6.07, 6.45) is 7.56. The van der Waals surface area contributed by atoms with Crippen LogP contribution in [0, 0.1) is 5.41 Å². The van der Waals surface area contributed by atoms with Crippen LogP contribution in [0.1, 0.15) is 108 Å². The zero-order valence-electron chi connectivity index (χ0n) is 19.9. The maximum absolute atomic E-state index is 9.53. The van der Waals surface area contributed by atoms with Crippen LogP contribution < -0.4 is 19.3 Å². The molecular formula is C22H49N2O2Ti. The molecule has 0 aromatic carbocycles. The largest absolute Gasteiger partial charge is 0.852 e. The summed E-state index contributed by atoms with van der Waals surface area (Å²) < 4.78 is 3.03. The van der Waals surface area contributed by atoms with Gasteiger partial charge in [0.15, 0.2) is 0 Å². The van der Waals surface area contributed by atoms with Gasteiger partial charge in [0.2, 0.25) is 0 Å². The van der Waals surface area contributed by atoms with Crippen molar-refractivity contribution in [2.45, 2.75) is 138 Å². The van der Waals surface area contributed by atoms with Crippen molar-refractivity contribution in [3.05, 3.63) is 0 Å². The molecule has 0 aromatic heterocycles. The molecule has 0 aromatic rings. The van der Waals surface area contributed by atoms with Gasteiger partial charge in [-0.3, -0.25) is 0 Å². The van der Waals surface area contributed by atoms with Crippen molar-refractivity contribution in [1.29, 1.82) is 0 Å². The number of hydrogen-bond acceptors (Lipinski definition) is 4. The first-order valence-corrected chi connectivity index (χ1v) is 11.6. The Labute approximate surface area is 183 Å². The smallest absolute Gasteiger partial charge is 0.00747 e. The van der Waals surface area contributed by atoms with Crippen LogP contribution in [-0.2, 0) is 20.7 Å². The van der Waals surface area contributed by atoms with Gasteiger partial charge < -0.3 is 15.5 Å². The fourth-order valence-electron chi connectivity index (χ4n) is 2.96. The Morgan fingerprint density at radius 3 is 1.52 bits per heavy atom. The summed E-state index contributed by atoms with van der Waals surface area (Å²) in [4.78, 5) is 0. The molecule has 0 bridgehead atoms. The molecule has 0 spiro atoms. The Bertz CT molecular complexity index is 283. The van der Waals surface area contributed by atoms with Gasteiger partial charge in [0.1, 0.15) is 0 Å². The van der Waals surface area contributed by atoms with E-state index in [1.165, 1.54) is 38.5 Å². The molecule has 1 atom stereocenters. The monoisotopic (exact) mass is 421 g/mol. The summed E-state index contributed by atoms with van der Waals surface area (Å²) in [5.41, 5.74) is 0.658. The van der Waals surface area contributed by atoms with Crippen LogP contribution in [0.4, 0.5) is 0 Å². The van der Waals surface area contributed by atoms with Gasteiger partial charge in [-0.05, 0) is 24.7 Å². The summed E-state index contributed by atoms with van der Waals surface area (Å²) in [7, 11) is 0. The minimum atomic E-state index is -0.417. The molecule has 5 heteroatoms. The molecule has 4 nitrogen and oxygen atoms in total. The van der Waals surface area contributed by atoms with Crippen LogP contribution in [0.5, 0.6) is 0 Å². The molecule has 0 radical (unpaired) electrons. The third kappa shape index (κ3) is 26.6. The minimum absolute atomic E-state index is 0.417. The van der Waals surface area contributed by atoms with Crippen LogP contribution in [-0.4, -0.2) is 30.3 Å². The van der Waals surface area contributed by atoms with Gasteiger partial charge in [0.05, 0.1) is 0 Å². The van der Waals surface area contributed by atoms with Gasteiger partial charge >= 0.3 is 44.4 Å². The van der Waals surface area contributed by atoms with E-state index in [0.29, 0.717) is 17.5 Å². The fraction of sp³-hybridized carbons (Fsp3) is 1.00. The van der Waals surface area contributed by atoms with E-state index in [1.54, 1.807) is 27.7 Å². The van der Waals surface area contributed by atoms with Crippen LogP contribution in [0.3, 0.4) is 0 Å². The molecule has 0 amide bonds. The van der Waals surface area contributed by atoms with Gasteiger partial charge in [-0.25, -0.2) is 0 Å². The fourth-order valence-corrected chi connectivity index (χ4v) is 2.96. The Kier molecular flexibility index (Phi) is 23.7. The van der Waals surface area contributed by atoms with E-state index < -0.39 is 12.2 Å². The molecule has 0 aliphatic heterocycles. The Morgan fingerprint density at radius 1 is 0.889 bits per heavy atom. The first kappa shape index (κ1) is 32.2. The van der Waals surface area contributed by atoms with Crippen molar-refractivity contribution in [2.75, 3.05) is 0 Å². The van der Waals surface area contributed by atoms with E-state index in [9.17, 15) is 10.2 Å². The first-order chi connectivity index (χ1) is 12.4. The minimum Gasteiger partial charge on any atom is -0.852 e. The van der Waals surface area contributed by atoms with E-state index in [1.807, 2.05) is 20.7 Å². The van der Waals surface area contributed by atoms with E-state index in [0.717, 1.165) is 6.04 Å². The van der Waals surface area contributed by atoms with E-state index in [-0.39, 0.29) is 0 Å². The molecule has 27 heavy (non-hydrogen) atoms. The molecule has 0 saturated heterocycles. The van der Waals surface area contributed by atoms with Gasteiger partial charge in [0.25, 0.3) is 0 Å². The van der Waals surface area contributed by atoms with Crippen LogP contribution >= 0.6 is 0 Å². The zero-order chi connectivity index (χ0) is 22.0. The number of rotatable bonds is 5. The topological polar surface area (TPSA) is 70.2 Å². The Hall–Kier alpha value is 0.554. The normalized spacial score (nSPS) is 18.4. The summed E-state index contributed by atoms with van der Waals surface area (Å²) in [6.45, 7) is 19.9. The molecule has 0 heterocycles. The second-order valence-corrected chi connectivity index (χ2v) is 9.17. The molecule has 1 aliphatic rings. The summed E-state index contributed by atoms with van der Waals surface area (Å²) >= 11 is 1.95. The first-order valence-electron chi connectivity index (χ1n) is 10.9. The number of nitrogens with one attached hydrogen (secondary N) is 2. The Morgan fingerprint density at radius 2 is 1.26 bits per heavy atom. The van der Waals surface area contributed by atoms with Crippen molar-refractivity contribution in [3.8, 4) is 0 Å². The second-order valence-electron chi connectivity index (χ2n) is 8.72. The molecular weight excluding hydrogens is 372 g/mol. The molecule has 163 valence electrons. The molecule has 1 rings (SSSR count). The van der Waals surface area contributed by atoms with Crippen molar-refractivity contribution < 1.29 is 30.9 Å². The van der Waals surface area contributed by atoms with Crippen LogP contribution in [0.15, 0.2) is 0 Å². The summed E-state index contributed by atoms with van der Waals surface area (Å²) in [5.74, 6) is 0. The SMILES string of the molecule is CC(C)[NH][Ti+2].CC(C)[O-].CC(C)[O-].CCC1(CC)CCCC(NC(C)C)C1. The molecule has 1 unspecified atom stereocenters. The van der Waals surface area contributed by atoms with Crippen molar-refractivity contribution >= 4 is 0 Å². The molecule has 1 aliphatic carbocycles. The van der Waals surface area contributed by atoms with Gasteiger partial charge in [-0.2, -0.15) is 0 Å². The van der Waals surface area contributed by atoms with E-state index in [2.05, 4.69) is 50.7 Å². The average molecular weight is 422 g/mol. The predicted octanol–water partition coefficient (Wildman–Crippen LogP) is 3.69. The predicted molar refractivity (Wildman–Crippen MR) is 112 cm³/mol. The third-order valence-corrected chi connectivity index (χ3v) is 5.20. The Balaban J connectivity index is -0.000000365. The quantitative estimate of drug-likeness (QED) is 0.665. The maximum Gasteiger partial charge on any atom is 0.00747 e. The van der Waals surface area contributed by atoms with Gasteiger partial charge in [-0.1, -0.05) is 74.7 Å². The average Bonchev–Trinajstić information content (AvgIpc) is 2.53. The van der Waals surface area contributed by atoms with Crippen molar-refractivity contribution in [3.63, 3.8) is 0 Å².